The van der Waals surface area contributed by atoms with Gasteiger partial charge in [-0.1, -0.05) is 24.3 Å². The summed E-state index contributed by atoms with van der Waals surface area (Å²) in [5.41, 5.74) is 3.36. The molecule has 5 heteroatoms. The van der Waals surface area contributed by atoms with Crippen molar-refractivity contribution in [3.05, 3.63) is 47.3 Å². The Hall–Kier alpha value is -2.14. The van der Waals surface area contributed by atoms with E-state index in [2.05, 4.69) is 41.3 Å². The van der Waals surface area contributed by atoms with E-state index in [1.807, 2.05) is 12.1 Å². The fraction of sp³-hybridized carbons (Fsp3) is 0.375. The lowest BCUT2D eigenvalue weighted by atomic mass is 10.0. The molecule has 0 aliphatic rings. The van der Waals surface area contributed by atoms with Gasteiger partial charge >= 0.3 is 0 Å². The average Bonchev–Trinajstić information content (AvgIpc) is 2.52. The lowest BCUT2D eigenvalue weighted by Crippen LogP contribution is -2.20. The second-order valence-electron chi connectivity index (χ2n) is 4.83. The van der Waals surface area contributed by atoms with Crippen LogP contribution in [0.3, 0.4) is 0 Å². The van der Waals surface area contributed by atoms with Crippen LogP contribution in [-0.4, -0.2) is 24.2 Å². The molecule has 1 atom stereocenters. The number of nitrogens with one attached hydrogen (secondary N) is 1. The number of hydrogen-bond acceptors (Lipinski definition) is 5. The first-order chi connectivity index (χ1) is 10.2. The molecule has 112 valence electrons. The summed E-state index contributed by atoms with van der Waals surface area (Å²) < 4.78 is 10.6. The molecule has 0 fully saturated rings. The zero-order chi connectivity index (χ0) is 15.2. The van der Waals surface area contributed by atoms with Gasteiger partial charge in [0.15, 0.2) is 0 Å². The molecule has 0 spiro atoms. The molecule has 1 N–H and O–H groups in total. The van der Waals surface area contributed by atoms with E-state index >= 15 is 0 Å². The summed E-state index contributed by atoms with van der Waals surface area (Å²) >= 11 is 0. The van der Waals surface area contributed by atoms with Crippen LogP contribution < -0.4 is 14.8 Å². The minimum absolute atomic E-state index is 0.209. The third-order valence-electron chi connectivity index (χ3n) is 3.49. The molecule has 1 aromatic heterocycles. The Labute approximate surface area is 125 Å². The van der Waals surface area contributed by atoms with Crippen LogP contribution >= 0.6 is 0 Å². The van der Waals surface area contributed by atoms with E-state index in [9.17, 15) is 0 Å². The number of aromatic nitrogens is 2. The van der Waals surface area contributed by atoms with E-state index < -0.39 is 0 Å². The quantitative estimate of drug-likeness (QED) is 0.885. The predicted molar refractivity (Wildman–Crippen MR) is 81.6 cm³/mol. The van der Waals surface area contributed by atoms with Gasteiger partial charge in [-0.05, 0) is 25.0 Å². The molecule has 0 aliphatic heterocycles. The van der Waals surface area contributed by atoms with Gasteiger partial charge in [0.25, 0.3) is 0 Å². The van der Waals surface area contributed by atoms with Crippen molar-refractivity contribution < 1.29 is 9.47 Å². The lowest BCUT2D eigenvalue weighted by molar-refractivity contribution is 0.357. The van der Waals surface area contributed by atoms with E-state index in [4.69, 9.17) is 9.47 Å². The van der Waals surface area contributed by atoms with E-state index in [0.29, 0.717) is 18.3 Å². The van der Waals surface area contributed by atoms with Crippen molar-refractivity contribution in [2.24, 2.45) is 0 Å². The monoisotopic (exact) mass is 287 g/mol. The van der Waals surface area contributed by atoms with Crippen LogP contribution in [0.4, 0.5) is 0 Å². The summed E-state index contributed by atoms with van der Waals surface area (Å²) in [7, 11) is 3.19. The molecular weight excluding hydrogens is 266 g/mol. The fourth-order valence-corrected chi connectivity index (χ4v) is 2.32. The maximum Gasteiger partial charge on any atom is 0.224 e. The van der Waals surface area contributed by atoms with Crippen molar-refractivity contribution in [3.63, 3.8) is 0 Å². The summed E-state index contributed by atoms with van der Waals surface area (Å²) in [6.45, 7) is 4.81. The van der Waals surface area contributed by atoms with Gasteiger partial charge in [-0.3, -0.25) is 0 Å². The molecule has 0 saturated carbocycles. The first-order valence-corrected chi connectivity index (χ1v) is 6.88. The minimum atomic E-state index is 0.209. The van der Waals surface area contributed by atoms with Crippen molar-refractivity contribution in [2.45, 2.75) is 26.4 Å². The Morgan fingerprint density at radius 3 is 2.29 bits per heavy atom. The highest BCUT2D eigenvalue weighted by Gasteiger charge is 2.15. The molecule has 2 aromatic rings. The van der Waals surface area contributed by atoms with Crippen molar-refractivity contribution in [3.8, 4) is 11.8 Å². The Bertz CT molecular complexity index is 580. The zero-order valence-corrected chi connectivity index (χ0v) is 12.9. The van der Waals surface area contributed by atoms with Gasteiger partial charge in [0.1, 0.15) is 6.33 Å². The lowest BCUT2D eigenvalue weighted by Gasteiger charge is -2.18. The van der Waals surface area contributed by atoms with Gasteiger partial charge in [0.05, 0.1) is 19.8 Å². The van der Waals surface area contributed by atoms with Crippen molar-refractivity contribution in [2.75, 3.05) is 14.2 Å². The summed E-state index contributed by atoms with van der Waals surface area (Å²) in [5.74, 6) is 1.07. The Balaban J connectivity index is 2.15. The molecule has 0 saturated heterocycles. The Kier molecular flexibility index (Phi) is 5.11. The van der Waals surface area contributed by atoms with Gasteiger partial charge in [0, 0.05) is 12.6 Å². The van der Waals surface area contributed by atoms with E-state index in [-0.39, 0.29) is 6.04 Å². The van der Waals surface area contributed by atoms with Gasteiger partial charge in [-0.2, -0.15) is 0 Å². The highest BCUT2D eigenvalue weighted by molar-refractivity contribution is 5.35. The number of aryl methyl sites for hydroxylation is 1. The van der Waals surface area contributed by atoms with Crippen LogP contribution in [0.25, 0.3) is 0 Å². The smallest absolute Gasteiger partial charge is 0.224 e. The van der Waals surface area contributed by atoms with Crippen LogP contribution in [0, 0.1) is 6.92 Å². The third kappa shape index (κ3) is 3.49. The summed E-state index contributed by atoms with van der Waals surface area (Å²) in [6.07, 6.45) is 1.44. The number of benzene rings is 1. The highest BCUT2D eigenvalue weighted by atomic mass is 16.5. The van der Waals surface area contributed by atoms with Crippen LogP contribution in [0.5, 0.6) is 11.8 Å². The van der Waals surface area contributed by atoms with Crippen molar-refractivity contribution in [1.29, 1.82) is 0 Å². The topological polar surface area (TPSA) is 56.3 Å². The van der Waals surface area contributed by atoms with Gasteiger partial charge in [-0.15, -0.1) is 0 Å². The number of nitrogens with zero attached hydrogens (tertiary/aromatic N) is 2. The fourth-order valence-electron chi connectivity index (χ4n) is 2.32. The predicted octanol–water partition coefficient (Wildman–Crippen LogP) is 2.65. The molecule has 2 rings (SSSR count). The maximum atomic E-state index is 5.28. The molecule has 0 radical (unpaired) electrons. The van der Waals surface area contributed by atoms with Crippen molar-refractivity contribution >= 4 is 0 Å². The Morgan fingerprint density at radius 2 is 1.71 bits per heavy atom. The summed E-state index contributed by atoms with van der Waals surface area (Å²) in [4.78, 5) is 8.24. The number of ether oxygens (including phenoxy) is 2. The molecule has 1 unspecified atom stereocenters. The second-order valence-corrected chi connectivity index (χ2v) is 4.83. The molecule has 5 nitrogen and oxygen atoms in total. The molecule has 1 heterocycles. The molecular formula is C16H21N3O2. The third-order valence-corrected chi connectivity index (χ3v) is 3.49. The van der Waals surface area contributed by atoms with Crippen LogP contribution in [0.2, 0.25) is 0 Å². The van der Waals surface area contributed by atoms with Crippen LogP contribution in [-0.2, 0) is 6.54 Å². The van der Waals surface area contributed by atoms with Gasteiger partial charge in [-0.25, -0.2) is 9.97 Å². The molecule has 0 bridgehead atoms. The summed E-state index contributed by atoms with van der Waals surface area (Å²) in [6, 6.07) is 8.54. The normalized spacial score (nSPS) is 12.0. The molecule has 21 heavy (non-hydrogen) atoms. The summed E-state index contributed by atoms with van der Waals surface area (Å²) in [5, 5.41) is 3.47. The standard InChI is InChI=1S/C16H21N3O2/c1-11-7-5-6-8-13(11)12(2)17-9-14-15(20-3)18-10-19-16(14)21-4/h5-8,10,12,17H,9H2,1-4H3. The maximum absolute atomic E-state index is 5.28. The minimum Gasteiger partial charge on any atom is -0.481 e. The van der Waals surface area contributed by atoms with Gasteiger partial charge in [0.2, 0.25) is 11.8 Å². The van der Waals surface area contributed by atoms with E-state index in [0.717, 1.165) is 5.56 Å². The van der Waals surface area contributed by atoms with Gasteiger partial charge < -0.3 is 14.8 Å². The first kappa shape index (κ1) is 15.3. The van der Waals surface area contributed by atoms with Crippen molar-refractivity contribution in [1.82, 2.24) is 15.3 Å². The number of methoxy groups -OCH3 is 2. The molecule has 1 aromatic carbocycles. The average molecular weight is 287 g/mol. The highest BCUT2D eigenvalue weighted by Crippen LogP contribution is 2.24. The number of hydrogen-bond donors (Lipinski definition) is 1. The van der Waals surface area contributed by atoms with Crippen LogP contribution in [0.1, 0.15) is 29.7 Å². The Morgan fingerprint density at radius 1 is 1.10 bits per heavy atom. The first-order valence-electron chi connectivity index (χ1n) is 6.88. The van der Waals surface area contributed by atoms with E-state index in [1.54, 1.807) is 14.2 Å². The molecule has 0 aliphatic carbocycles. The zero-order valence-electron chi connectivity index (χ0n) is 12.9. The SMILES string of the molecule is COc1ncnc(OC)c1CNC(C)c1ccccc1C. The second kappa shape index (κ2) is 7.04. The largest absolute Gasteiger partial charge is 0.481 e. The van der Waals surface area contributed by atoms with Crippen LogP contribution in [0.15, 0.2) is 30.6 Å². The molecule has 0 amide bonds. The van der Waals surface area contributed by atoms with E-state index in [1.165, 1.54) is 17.5 Å². The number of rotatable bonds is 6.